The molecule has 0 bridgehead atoms. The maximum atomic E-state index is 5.77. The molecule has 0 aliphatic heterocycles. The number of rotatable bonds is 3. The normalized spacial score (nSPS) is 17.2. The number of fused-ring (bicyclic) bond motifs is 1. The van der Waals surface area contributed by atoms with Gasteiger partial charge in [-0.1, -0.05) is 29.8 Å². The summed E-state index contributed by atoms with van der Waals surface area (Å²) in [5.74, 6) is 0.554. The van der Waals surface area contributed by atoms with Crippen molar-refractivity contribution in [1.82, 2.24) is 19.7 Å². The molecule has 0 amide bonds. The fourth-order valence-electron chi connectivity index (χ4n) is 4.56. The van der Waals surface area contributed by atoms with E-state index in [1.54, 1.807) is 5.57 Å². The van der Waals surface area contributed by atoms with E-state index in [1.165, 1.54) is 16.0 Å². The summed E-state index contributed by atoms with van der Waals surface area (Å²) >= 11 is 0. The van der Waals surface area contributed by atoms with Gasteiger partial charge in [-0.25, -0.2) is 9.67 Å². The number of anilines is 3. The second-order valence-electron chi connectivity index (χ2n) is 7.69. The summed E-state index contributed by atoms with van der Waals surface area (Å²) in [5.41, 5.74) is 11.1. The zero-order valence-electron chi connectivity index (χ0n) is 15.8. The van der Waals surface area contributed by atoms with Crippen LogP contribution in [0.4, 0.5) is 17.3 Å². The molecule has 2 aliphatic carbocycles. The third-order valence-electron chi connectivity index (χ3n) is 5.89. The number of hydrogen-bond donors (Lipinski definition) is 2. The van der Waals surface area contributed by atoms with E-state index in [0.29, 0.717) is 5.95 Å². The van der Waals surface area contributed by atoms with Crippen molar-refractivity contribution < 1.29 is 0 Å². The first-order valence-corrected chi connectivity index (χ1v) is 9.90. The molecule has 0 saturated carbocycles. The second-order valence-corrected chi connectivity index (χ2v) is 7.69. The largest absolute Gasteiger partial charge is 0.399 e. The van der Waals surface area contributed by atoms with Gasteiger partial charge < -0.3 is 11.1 Å². The zero-order chi connectivity index (χ0) is 19.4. The minimum atomic E-state index is 0.184. The lowest BCUT2D eigenvalue weighted by Crippen LogP contribution is -2.30. The average molecular weight is 380 g/mol. The number of nitrogens with two attached hydrogens (primary N) is 1. The van der Waals surface area contributed by atoms with Crippen LogP contribution in [0.3, 0.4) is 0 Å². The van der Waals surface area contributed by atoms with E-state index >= 15 is 0 Å². The monoisotopic (exact) mass is 380 g/mol. The van der Waals surface area contributed by atoms with Crippen LogP contribution < -0.4 is 21.5 Å². The van der Waals surface area contributed by atoms with Crippen molar-refractivity contribution in [2.75, 3.05) is 11.1 Å². The van der Waals surface area contributed by atoms with Crippen molar-refractivity contribution in [2.45, 2.75) is 25.3 Å². The van der Waals surface area contributed by atoms with E-state index in [0.717, 1.165) is 41.7 Å². The molecule has 0 spiro atoms. The molecule has 2 aromatic carbocycles. The van der Waals surface area contributed by atoms with Crippen molar-refractivity contribution >= 4 is 40.0 Å². The molecule has 0 fully saturated rings. The predicted octanol–water partition coefficient (Wildman–Crippen LogP) is 2.87. The summed E-state index contributed by atoms with van der Waals surface area (Å²) in [6, 6.07) is 14.3. The van der Waals surface area contributed by atoms with Gasteiger partial charge in [0.1, 0.15) is 0 Å². The number of nitrogen functional groups attached to an aromatic ring is 1. The van der Waals surface area contributed by atoms with Crippen LogP contribution in [-0.2, 0) is 0 Å². The van der Waals surface area contributed by atoms with Crippen LogP contribution in [0.15, 0.2) is 54.9 Å². The third kappa shape index (κ3) is 2.60. The lowest BCUT2D eigenvalue weighted by molar-refractivity contribution is 0.554. The molecule has 6 heteroatoms. The van der Waals surface area contributed by atoms with Gasteiger partial charge in [0.15, 0.2) is 5.65 Å². The van der Waals surface area contributed by atoms with E-state index in [4.69, 9.17) is 15.8 Å². The molecule has 2 aliphatic rings. The first kappa shape index (κ1) is 16.3. The maximum absolute atomic E-state index is 5.77. The maximum Gasteiger partial charge on any atom is 0.229 e. The second kappa shape index (κ2) is 6.17. The molecule has 6 nitrogen and oxygen atoms in total. The number of hydrogen-bond acceptors (Lipinski definition) is 5. The smallest absolute Gasteiger partial charge is 0.229 e. The van der Waals surface area contributed by atoms with Gasteiger partial charge in [0, 0.05) is 17.6 Å². The average Bonchev–Trinajstić information content (AvgIpc) is 3.32. The van der Waals surface area contributed by atoms with Gasteiger partial charge in [-0.2, -0.15) is 10.1 Å². The molecule has 2 heterocycles. The Kier molecular flexibility index (Phi) is 3.47. The van der Waals surface area contributed by atoms with Crippen LogP contribution in [0.1, 0.15) is 30.9 Å². The Morgan fingerprint density at radius 2 is 1.97 bits per heavy atom. The predicted molar refractivity (Wildman–Crippen MR) is 115 cm³/mol. The minimum Gasteiger partial charge on any atom is -0.399 e. The molecule has 4 aromatic rings. The minimum absolute atomic E-state index is 0.184. The number of aromatic nitrogens is 4. The first-order chi connectivity index (χ1) is 14.3. The molecule has 6 rings (SSSR count). The van der Waals surface area contributed by atoms with Gasteiger partial charge in [-0.3, -0.25) is 0 Å². The number of nitrogens with one attached hydrogen (secondary N) is 1. The third-order valence-corrected chi connectivity index (χ3v) is 5.89. The van der Waals surface area contributed by atoms with Crippen LogP contribution in [-0.4, -0.2) is 19.7 Å². The van der Waals surface area contributed by atoms with Crippen molar-refractivity contribution in [2.24, 2.45) is 0 Å². The number of nitrogens with zero attached hydrogens (tertiary/aromatic N) is 4. The van der Waals surface area contributed by atoms with Gasteiger partial charge in [-0.15, -0.1) is 0 Å². The number of benzene rings is 2. The highest BCUT2D eigenvalue weighted by atomic mass is 15.3. The van der Waals surface area contributed by atoms with Gasteiger partial charge in [-0.05, 0) is 59.5 Å². The Hall–Kier alpha value is -3.67. The zero-order valence-corrected chi connectivity index (χ0v) is 15.8. The lowest BCUT2D eigenvalue weighted by Gasteiger charge is -2.14. The van der Waals surface area contributed by atoms with Gasteiger partial charge in [0.2, 0.25) is 5.95 Å². The standard InChI is InChI=1S/C23H20N6/c24-17-7-9-18(10-8-17)27-23-25-12-16-13-26-29(22(16)28-23)20-11-15-5-1-3-14-4-2-6-19(20)21(14)15/h2-4,6-10,12-13,20H,1,5,11,24H2,(H,25,27,28)/t20-/m0/s1. The van der Waals surface area contributed by atoms with Crippen LogP contribution in [0, 0.1) is 0 Å². The summed E-state index contributed by atoms with van der Waals surface area (Å²) in [6.45, 7) is 0. The highest BCUT2D eigenvalue weighted by Gasteiger charge is 2.28. The molecule has 2 aromatic heterocycles. The molecule has 0 saturated heterocycles. The van der Waals surface area contributed by atoms with Crippen LogP contribution in [0.2, 0.25) is 0 Å². The van der Waals surface area contributed by atoms with Crippen molar-refractivity contribution in [3.05, 3.63) is 70.9 Å². The van der Waals surface area contributed by atoms with Crippen LogP contribution in [0.25, 0.3) is 22.7 Å². The fraction of sp³-hybridized carbons (Fsp3) is 0.174. The molecule has 29 heavy (non-hydrogen) atoms. The van der Waals surface area contributed by atoms with Crippen LogP contribution >= 0.6 is 0 Å². The van der Waals surface area contributed by atoms with E-state index in [1.807, 2.05) is 36.7 Å². The van der Waals surface area contributed by atoms with E-state index < -0.39 is 0 Å². The van der Waals surface area contributed by atoms with Gasteiger partial charge in [0.05, 0.1) is 17.6 Å². The van der Waals surface area contributed by atoms with Crippen molar-refractivity contribution in [3.8, 4) is 0 Å². The Labute approximate surface area is 167 Å². The Morgan fingerprint density at radius 1 is 1.07 bits per heavy atom. The summed E-state index contributed by atoms with van der Waals surface area (Å²) in [6.07, 6.45) is 9.29. The van der Waals surface area contributed by atoms with E-state index in [9.17, 15) is 0 Å². The van der Waals surface area contributed by atoms with Gasteiger partial charge >= 0.3 is 0 Å². The SMILES string of the molecule is Nc1ccc(Nc2ncc3cnn([C@H]4CC5=c6c4cccc6=CCC5)c3n2)cc1. The van der Waals surface area contributed by atoms with E-state index in [2.05, 4.69) is 39.3 Å². The highest BCUT2D eigenvalue weighted by Crippen LogP contribution is 2.33. The molecule has 142 valence electrons. The Balaban J connectivity index is 1.42. The molecular formula is C23H20N6. The molecular weight excluding hydrogens is 360 g/mol. The van der Waals surface area contributed by atoms with Crippen molar-refractivity contribution in [1.29, 1.82) is 0 Å². The highest BCUT2D eigenvalue weighted by molar-refractivity contribution is 5.76. The Bertz CT molecular complexity index is 1370. The van der Waals surface area contributed by atoms with Crippen LogP contribution in [0.5, 0.6) is 0 Å². The van der Waals surface area contributed by atoms with E-state index in [-0.39, 0.29) is 6.04 Å². The molecule has 0 radical (unpaired) electrons. The summed E-state index contributed by atoms with van der Waals surface area (Å²) in [5, 5.41) is 11.7. The van der Waals surface area contributed by atoms with Crippen molar-refractivity contribution in [3.63, 3.8) is 0 Å². The lowest BCUT2D eigenvalue weighted by atomic mass is 10.0. The quantitative estimate of drug-likeness (QED) is 0.534. The fourth-order valence-corrected chi connectivity index (χ4v) is 4.56. The first-order valence-electron chi connectivity index (χ1n) is 9.90. The molecule has 0 unspecified atom stereocenters. The summed E-state index contributed by atoms with van der Waals surface area (Å²) < 4.78 is 2.06. The topological polar surface area (TPSA) is 81.6 Å². The molecule has 1 atom stereocenters. The Morgan fingerprint density at radius 3 is 2.86 bits per heavy atom. The molecule has 3 N–H and O–H groups in total. The summed E-state index contributed by atoms with van der Waals surface area (Å²) in [7, 11) is 0. The van der Waals surface area contributed by atoms with Gasteiger partial charge in [0.25, 0.3) is 0 Å². The summed E-state index contributed by atoms with van der Waals surface area (Å²) in [4.78, 5) is 9.24.